The lowest BCUT2D eigenvalue weighted by molar-refractivity contribution is -0.384. The number of anilines is 1. The molecule has 9 heteroatoms. The Balaban J connectivity index is 1.82. The van der Waals surface area contributed by atoms with Crippen LogP contribution in [0.4, 0.5) is 11.4 Å². The number of ether oxygens (including phenoxy) is 2. The van der Waals surface area contributed by atoms with Crippen LogP contribution in [-0.4, -0.2) is 30.0 Å². The first kappa shape index (κ1) is 19.2. The molecule has 2 aromatic carbocycles. The Kier molecular flexibility index (Phi) is 6.51. The maximum absolute atomic E-state index is 11.9. The maximum Gasteiger partial charge on any atom is 0.344 e. The summed E-state index contributed by atoms with van der Waals surface area (Å²) < 4.78 is 10.00. The molecule has 26 heavy (non-hydrogen) atoms. The largest absolute Gasteiger partial charge is 0.482 e. The number of halogens is 1. The molecule has 2 rings (SSSR count). The minimum absolute atomic E-state index is 0.155. The molecule has 0 saturated heterocycles. The first-order valence-corrected chi connectivity index (χ1v) is 7.82. The number of hydrogen-bond acceptors (Lipinski definition) is 6. The third-order valence-electron chi connectivity index (χ3n) is 3.22. The lowest BCUT2D eigenvalue weighted by Crippen LogP contribution is -2.24. The number of esters is 1. The van der Waals surface area contributed by atoms with Gasteiger partial charge in [-0.15, -0.1) is 0 Å². The predicted octanol–water partition coefficient (Wildman–Crippen LogP) is 3.12. The summed E-state index contributed by atoms with van der Waals surface area (Å²) in [5.74, 6) is -0.966. The zero-order valence-electron chi connectivity index (χ0n) is 13.7. The molecule has 0 aliphatic carbocycles. The summed E-state index contributed by atoms with van der Waals surface area (Å²) in [6.45, 7) is 0.757. The van der Waals surface area contributed by atoms with Crippen LogP contribution in [0.5, 0.6) is 5.75 Å². The van der Waals surface area contributed by atoms with Gasteiger partial charge in [0.25, 0.3) is 11.6 Å². The molecular weight excluding hydrogens is 364 g/mol. The van der Waals surface area contributed by atoms with Gasteiger partial charge in [0.15, 0.2) is 13.2 Å². The average Bonchev–Trinajstić information content (AvgIpc) is 2.60. The fourth-order valence-corrected chi connectivity index (χ4v) is 2.11. The molecule has 0 spiro atoms. The zero-order chi connectivity index (χ0) is 19.1. The Labute approximate surface area is 153 Å². The van der Waals surface area contributed by atoms with Crippen LogP contribution in [0.15, 0.2) is 42.5 Å². The van der Waals surface area contributed by atoms with Crippen LogP contribution in [-0.2, 0) is 14.3 Å². The lowest BCUT2D eigenvalue weighted by atomic mass is 10.2. The van der Waals surface area contributed by atoms with E-state index in [1.807, 2.05) is 0 Å². The Hall–Kier alpha value is -3.13. The molecule has 0 heterocycles. The van der Waals surface area contributed by atoms with E-state index >= 15 is 0 Å². The lowest BCUT2D eigenvalue weighted by Gasteiger charge is -2.09. The minimum atomic E-state index is -0.740. The monoisotopic (exact) mass is 378 g/mol. The van der Waals surface area contributed by atoms with E-state index in [1.165, 1.54) is 24.3 Å². The van der Waals surface area contributed by atoms with Gasteiger partial charge >= 0.3 is 5.97 Å². The number of nitro groups is 1. The molecule has 0 aliphatic rings. The molecule has 0 aliphatic heterocycles. The summed E-state index contributed by atoms with van der Waals surface area (Å²) in [6, 6.07) is 10.6. The molecular formula is C17H15ClN2O6. The molecule has 2 aromatic rings. The Bertz CT molecular complexity index is 840. The van der Waals surface area contributed by atoms with E-state index in [0.29, 0.717) is 16.3 Å². The highest BCUT2D eigenvalue weighted by Crippen LogP contribution is 2.21. The minimum Gasteiger partial charge on any atom is -0.482 e. The highest BCUT2D eigenvalue weighted by atomic mass is 35.5. The SMILES string of the molecule is Cc1ccc([N+](=O)[O-])cc1NC(=O)COC(=O)COc1cccc(Cl)c1. The summed E-state index contributed by atoms with van der Waals surface area (Å²) in [5.41, 5.74) is 0.757. The van der Waals surface area contributed by atoms with Crippen molar-refractivity contribution in [1.29, 1.82) is 0 Å². The average molecular weight is 379 g/mol. The Morgan fingerprint density at radius 1 is 1.19 bits per heavy atom. The van der Waals surface area contributed by atoms with Crippen molar-refractivity contribution in [3.63, 3.8) is 0 Å². The van der Waals surface area contributed by atoms with E-state index in [-0.39, 0.29) is 18.0 Å². The third kappa shape index (κ3) is 5.75. The normalized spacial score (nSPS) is 10.1. The molecule has 8 nitrogen and oxygen atoms in total. The highest BCUT2D eigenvalue weighted by molar-refractivity contribution is 6.30. The third-order valence-corrected chi connectivity index (χ3v) is 3.46. The fraction of sp³-hybridized carbons (Fsp3) is 0.176. The van der Waals surface area contributed by atoms with Crippen molar-refractivity contribution in [2.75, 3.05) is 18.5 Å². The van der Waals surface area contributed by atoms with Crippen molar-refractivity contribution in [2.24, 2.45) is 0 Å². The van der Waals surface area contributed by atoms with Gasteiger partial charge in [0.05, 0.1) is 10.6 Å². The molecule has 0 fully saturated rings. The fourth-order valence-electron chi connectivity index (χ4n) is 1.93. The highest BCUT2D eigenvalue weighted by Gasteiger charge is 2.13. The summed E-state index contributed by atoms with van der Waals surface area (Å²) in [4.78, 5) is 33.7. The van der Waals surface area contributed by atoms with Crippen LogP contribution >= 0.6 is 11.6 Å². The molecule has 0 atom stereocenters. The molecule has 0 saturated carbocycles. The van der Waals surface area contributed by atoms with Gasteiger partial charge in [-0.05, 0) is 30.7 Å². The summed E-state index contributed by atoms with van der Waals surface area (Å²) in [5, 5.41) is 13.7. The molecule has 0 bridgehead atoms. The van der Waals surface area contributed by atoms with Crippen molar-refractivity contribution in [3.8, 4) is 5.75 Å². The van der Waals surface area contributed by atoms with Crippen molar-refractivity contribution in [1.82, 2.24) is 0 Å². The first-order chi connectivity index (χ1) is 12.3. The predicted molar refractivity (Wildman–Crippen MR) is 94.4 cm³/mol. The quantitative estimate of drug-likeness (QED) is 0.450. The van der Waals surface area contributed by atoms with E-state index in [2.05, 4.69) is 5.32 Å². The number of non-ortho nitro benzene ring substituents is 1. The number of amides is 1. The topological polar surface area (TPSA) is 108 Å². The van der Waals surface area contributed by atoms with Crippen molar-refractivity contribution < 1.29 is 24.0 Å². The molecule has 0 aromatic heterocycles. The van der Waals surface area contributed by atoms with Crippen molar-refractivity contribution >= 4 is 34.9 Å². The Morgan fingerprint density at radius 2 is 1.96 bits per heavy atom. The number of hydrogen-bond donors (Lipinski definition) is 1. The van der Waals surface area contributed by atoms with E-state index in [1.54, 1.807) is 25.1 Å². The number of nitrogens with zero attached hydrogens (tertiary/aromatic N) is 1. The van der Waals surface area contributed by atoms with E-state index in [9.17, 15) is 19.7 Å². The van der Waals surface area contributed by atoms with Gasteiger partial charge in [0.1, 0.15) is 5.75 Å². The zero-order valence-corrected chi connectivity index (χ0v) is 14.5. The number of carbonyl (C=O) groups excluding carboxylic acids is 2. The van der Waals surface area contributed by atoms with Crippen LogP contribution < -0.4 is 10.1 Å². The molecule has 0 radical (unpaired) electrons. The van der Waals surface area contributed by atoms with E-state index in [0.717, 1.165) is 0 Å². The molecule has 1 N–H and O–H groups in total. The standard InChI is InChI=1S/C17H15ClN2O6/c1-11-5-6-13(20(23)24)8-15(11)19-16(21)9-26-17(22)10-25-14-4-2-3-12(18)7-14/h2-8H,9-10H2,1H3,(H,19,21). The van der Waals surface area contributed by atoms with Crippen LogP contribution in [0.3, 0.4) is 0 Å². The van der Waals surface area contributed by atoms with Gasteiger partial charge in [0.2, 0.25) is 0 Å². The summed E-state index contributed by atoms with van der Waals surface area (Å²) in [6.07, 6.45) is 0. The number of carbonyl (C=O) groups is 2. The maximum atomic E-state index is 11.9. The first-order valence-electron chi connectivity index (χ1n) is 7.44. The number of nitrogens with one attached hydrogen (secondary N) is 1. The van der Waals surface area contributed by atoms with Crippen LogP contribution in [0, 0.1) is 17.0 Å². The summed E-state index contributed by atoms with van der Waals surface area (Å²) in [7, 11) is 0. The Morgan fingerprint density at radius 3 is 2.65 bits per heavy atom. The molecule has 136 valence electrons. The second-order valence-corrected chi connectivity index (χ2v) is 5.65. The van der Waals surface area contributed by atoms with Gasteiger partial charge < -0.3 is 14.8 Å². The van der Waals surface area contributed by atoms with E-state index < -0.39 is 23.4 Å². The second kappa shape index (κ2) is 8.82. The van der Waals surface area contributed by atoms with Crippen LogP contribution in [0.1, 0.15) is 5.56 Å². The number of aryl methyl sites for hydroxylation is 1. The van der Waals surface area contributed by atoms with Gasteiger partial charge in [-0.2, -0.15) is 0 Å². The second-order valence-electron chi connectivity index (χ2n) is 5.21. The smallest absolute Gasteiger partial charge is 0.344 e. The number of rotatable bonds is 7. The molecule has 0 unspecified atom stereocenters. The van der Waals surface area contributed by atoms with Gasteiger partial charge in [-0.3, -0.25) is 14.9 Å². The van der Waals surface area contributed by atoms with Gasteiger partial charge in [0, 0.05) is 17.2 Å². The number of nitro benzene ring substituents is 1. The number of benzene rings is 2. The van der Waals surface area contributed by atoms with Gasteiger partial charge in [-0.1, -0.05) is 23.7 Å². The van der Waals surface area contributed by atoms with Gasteiger partial charge in [-0.25, -0.2) is 4.79 Å². The van der Waals surface area contributed by atoms with Crippen LogP contribution in [0.25, 0.3) is 0 Å². The van der Waals surface area contributed by atoms with E-state index in [4.69, 9.17) is 21.1 Å². The van der Waals surface area contributed by atoms with Crippen LogP contribution in [0.2, 0.25) is 5.02 Å². The van der Waals surface area contributed by atoms with Crippen molar-refractivity contribution in [3.05, 3.63) is 63.2 Å². The summed E-state index contributed by atoms with van der Waals surface area (Å²) >= 11 is 5.79. The van der Waals surface area contributed by atoms with Crippen molar-refractivity contribution in [2.45, 2.75) is 6.92 Å². The molecule has 1 amide bonds.